The van der Waals surface area contributed by atoms with Crippen molar-refractivity contribution >= 4 is 38.4 Å². The van der Waals surface area contributed by atoms with Gasteiger partial charge in [0.05, 0.1) is 12.6 Å². The van der Waals surface area contributed by atoms with Crippen LogP contribution in [0.2, 0.25) is 0 Å². The number of nitrogens with zero attached hydrogens (tertiary/aromatic N) is 5. The number of alkyl halides is 3. The number of methoxy groups -OCH3 is 1. The van der Waals surface area contributed by atoms with Crippen molar-refractivity contribution in [3.05, 3.63) is 66.6 Å². The number of carboxylic acid groups (broad SMARTS) is 1. The molecule has 0 amide bonds. The summed E-state index contributed by atoms with van der Waals surface area (Å²) in [6.07, 6.45) is -1.97. The van der Waals surface area contributed by atoms with Crippen molar-refractivity contribution < 1.29 is 45.0 Å². The molecule has 44 heavy (non-hydrogen) atoms. The molecule has 1 aliphatic heterocycles. The van der Waals surface area contributed by atoms with Crippen LogP contribution >= 0.6 is 0 Å². The highest BCUT2D eigenvalue weighted by atomic mass is 32.2. The molecule has 2 aromatic heterocycles. The molecule has 0 spiro atoms. The summed E-state index contributed by atoms with van der Waals surface area (Å²) < 4.78 is 92.1. The highest BCUT2D eigenvalue weighted by molar-refractivity contribution is 7.92. The number of rotatable bonds is 6. The van der Waals surface area contributed by atoms with Crippen LogP contribution in [-0.4, -0.2) is 81.0 Å². The molecule has 0 unspecified atom stereocenters. The van der Waals surface area contributed by atoms with Crippen molar-refractivity contribution in [1.82, 2.24) is 20.3 Å². The number of carbonyl (C=O) groups is 1. The molecule has 0 aliphatic carbocycles. The molecule has 0 bridgehead atoms. The average Bonchev–Trinajstić information content (AvgIpc) is 3.00. The molecule has 0 atom stereocenters. The Morgan fingerprint density at radius 3 is 2.32 bits per heavy atom. The van der Waals surface area contributed by atoms with Gasteiger partial charge in [-0.3, -0.25) is 4.31 Å². The van der Waals surface area contributed by atoms with Gasteiger partial charge in [-0.15, -0.1) is 0 Å². The second-order valence-corrected chi connectivity index (χ2v) is 11.2. The van der Waals surface area contributed by atoms with Gasteiger partial charge in [0.25, 0.3) is 10.0 Å². The summed E-state index contributed by atoms with van der Waals surface area (Å²) >= 11 is 0. The SMILES string of the molecule is COc1ncc(-c2ccc3ncnc(N4CCNCC4)c3c2)cc1N(C)S(=O)(=O)c1ccc(F)cc1F.O=C(O)C(F)(F)F. The van der Waals surface area contributed by atoms with Gasteiger partial charge in [-0.25, -0.2) is 36.9 Å². The van der Waals surface area contributed by atoms with E-state index in [1.54, 1.807) is 18.6 Å². The lowest BCUT2D eigenvalue weighted by Crippen LogP contribution is -2.44. The standard InChI is InChI=1S/C25H24F2N6O3S.C2HF3O2/c1-32(37(34,35)23-6-4-18(26)13-20(23)27)22-12-17(14-29-25(22)36-2)16-3-5-21-19(11-16)24(31-15-30-21)33-9-7-28-8-10-33;3-2(4,5)1(6)7/h3-6,11-15,28H,7-10H2,1-2H3;(H,6,7). The Morgan fingerprint density at radius 2 is 1.70 bits per heavy atom. The van der Waals surface area contributed by atoms with E-state index in [0.29, 0.717) is 11.6 Å². The van der Waals surface area contributed by atoms with E-state index in [1.807, 2.05) is 18.2 Å². The zero-order valence-electron chi connectivity index (χ0n) is 23.1. The Balaban J connectivity index is 0.000000566. The van der Waals surface area contributed by atoms with E-state index in [2.05, 4.69) is 25.2 Å². The molecule has 4 aromatic rings. The molecular formula is C27H25F5N6O5S. The first-order chi connectivity index (χ1) is 20.7. The van der Waals surface area contributed by atoms with Gasteiger partial charge in [0.2, 0.25) is 5.88 Å². The number of benzene rings is 2. The summed E-state index contributed by atoms with van der Waals surface area (Å²) in [6.45, 7) is 3.33. The van der Waals surface area contributed by atoms with Crippen LogP contribution in [0.1, 0.15) is 0 Å². The number of anilines is 2. The van der Waals surface area contributed by atoms with Crippen LogP contribution in [0.15, 0.2) is 59.9 Å². The Labute approximate surface area is 248 Å². The van der Waals surface area contributed by atoms with Crippen LogP contribution in [0.4, 0.5) is 33.5 Å². The number of hydrogen-bond acceptors (Lipinski definition) is 9. The third-order valence-corrected chi connectivity index (χ3v) is 8.31. The number of ether oxygens (including phenoxy) is 1. The van der Waals surface area contributed by atoms with Gasteiger partial charge in [-0.05, 0) is 35.9 Å². The number of hydrogen-bond donors (Lipinski definition) is 2. The van der Waals surface area contributed by atoms with Crippen LogP contribution in [0.5, 0.6) is 5.88 Å². The highest BCUT2D eigenvalue weighted by Crippen LogP contribution is 2.36. The smallest absolute Gasteiger partial charge is 0.479 e. The molecule has 1 saturated heterocycles. The summed E-state index contributed by atoms with van der Waals surface area (Å²) in [6, 6.07) is 9.58. The topological polar surface area (TPSA) is 138 Å². The molecule has 0 saturated carbocycles. The predicted molar refractivity (Wildman–Crippen MR) is 150 cm³/mol. The lowest BCUT2D eigenvalue weighted by molar-refractivity contribution is -0.192. The minimum atomic E-state index is -5.08. The van der Waals surface area contributed by atoms with Crippen molar-refractivity contribution in [2.24, 2.45) is 0 Å². The summed E-state index contributed by atoms with van der Waals surface area (Å²) in [7, 11) is -1.77. The molecule has 17 heteroatoms. The number of aromatic nitrogens is 3. The Bertz CT molecular complexity index is 1790. The summed E-state index contributed by atoms with van der Waals surface area (Å²) in [5, 5.41) is 11.3. The lowest BCUT2D eigenvalue weighted by atomic mass is 10.0. The molecule has 0 radical (unpaired) electrons. The number of sulfonamides is 1. The maximum Gasteiger partial charge on any atom is 0.490 e. The second-order valence-electron chi connectivity index (χ2n) is 9.27. The number of halogens is 5. The van der Waals surface area contributed by atoms with Crippen LogP contribution in [0.3, 0.4) is 0 Å². The zero-order valence-corrected chi connectivity index (χ0v) is 24.0. The quantitative estimate of drug-likeness (QED) is 0.299. The molecule has 3 heterocycles. The molecule has 5 rings (SSSR count). The van der Waals surface area contributed by atoms with Crippen LogP contribution < -0.4 is 19.3 Å². The number of aliphatic carboxylic acids is 1. The number of nitrogens with one attached hydrogen (secondary N) is 1. The number of carboxylic acids is 1. The zero-order chi connectivity index (χ0) is 32.2. The third kappa shape index (κ3) is 6.94. The van der Waals surface area contributed by atoms with E-state index in [1.165, 1.54) is 14.2 Å². The Morgan fingerprint density at radius 1 is 1.02 bits per heavy atom. The first-order valence-corrected chi connectivity index (χ1v) is 14.2. The maximum absolute atomic E-state index is 14.4. The highest BCUT2D eigenvalue weighted by Gasteiger charge is 2.38. The molecular weight excluding hydrogens is 615 g/mol. The number of piperazine rings is 1. The fourth-order valence-corrected chi connectivity index (χ4v) is 5.52. The number of pyridine rings is 1. The van der Waals surface area contributed by atoms with Crippen LogP contribution in [-0.2, 0) is 14.8 Å². The molecule has 1 aliphatic rings. The Hall–Kier alpha value is -4.64. The van der Waals surface area contributed by atoms with Crippen LogP contribution in [0, 0.1) is 11.6 Å². The Kier molecular flexibility index (Phi) is 9.48. The largest absolute Gasteiger partial charge is 0.490 e. The first kappa shape index (κ1) is 32.3. The minimum Gasteiger partial charge on any atom is -0.479 e. The van der Waals surface area contributed by atoms with E-state index in [-0.39, 0.29) is 11.6 Å². The third-order valence-electron chi connectivity index (χ3n) is 6.50. The summed E-state index contributed by atoms with van der Waals surface area (Å²) in [5.74, 6) is -3.97. The van der Waals surface area contributed by atoms with E-state index in [0.717, 1.165) is 64.9 Å². The van der Waals surface area contributed by atoms with E-state index >= 15 is 0 Å². The van der Waals surface area contributed by atoms with Crippen molar-refractivity contribution in [3.8, 4) is 17.0 Å². The van der Waals surface area contributed by atoms with Gasteiger partial charge in [-0.2, -0.15) is 13.2 Å². The van der Waals surface area contributed by atoms with E-state index in [9.17, 15) is 30.4 Å². The first-order valence-electron chi connectivity index (χ1n) is 12.7. The molecule has 2 aromatic carbocycles. The molecule has 2 N–H and O–H groups in total. The average molecular weight is 641 g/mol. The normalized spacial score (nSPS) is 13.7. The van der Waals surface area contributed by atoms with Crippen molar-refractivity contribution in [3.63, 3.8) is 0 Å². The molecule has 1 fully saturated rings. The van der Waals surface area contributed by atoms with Gasteiger partial charge in [0, 0.05) is 56.4 Å². The van der Waals surface area contributed by atoms with Gasteiger partial charge >= 0.3 is 12.1 Å². The molecule has 11 nitrogen and oxygen atoms in total. The fourth-order valence-electron chi connectivity index (χ4n) is 4.29. The van der Waals surface area contributed by atoms with E-state index < -0.39 is 38.7 Å². The van der Waals surface area contributed by atoms with Gasteiger partial charge in [-0.1, -0.05) is 6.07 Å². The number of fused-ring (bicyclic) bond motifs is 1. The summed E-state index contributed by atoms with van der Waals surface area (Å²) in [4.78, 5) is 23.6. The van der Waals surface area contributed by atoms with Gasteiger partial charge in [0.1, 0.15) is 34.4 Å². The van der Waals surface area contributed by atoms with Gasteiger partial charge in [0.15, 0.2) is 0 Å². The maximum atomic E-state index is 14.4. The fraction of sp³-hybridized carbons (Fsp3) is 0.259. The van der Waals surface area contributed by atoms with Crippen molar-refractivity contribution in [2.75, 3.05) is 49.5 Å². The predicted octanol–water partition coefficient (Wildman–Crippen LogP) is 3.85. The van der Waals surface area contributed by atoms with Crippen molar-refractivity contribution in [2.45, 2.75) is 11.1 Å². The summed E-state index contributed by atoms with van der Waals surface area (Å²) in [5.41, 5.74) is 2.24. The van der Waals surface area contributed by atoms with Crippen molar-refractivity contribution in [1.29, 1.82) is 0 Å². The molecule has 234 valence electrons. The second kappa shape index (κ2) is 12.9. The van der Waals surface area contributed by atoms with Gasteiger partial charge < -0.3 is 20.1 Å². The van der Waals surface area contributed by atoms with E-state index in [4.69, 9.17) is 14.6 Å². The minimum absolute atomic E-state index is 0.0305. The monoisotopic (exact) mass is 640 g/mol. The lowest BCUT2D eigenvalue weighted by Gasteiger charge is -2.29. The van der Waals surface area contributed by atoms with Crippen LogP contribution in [0.25, 0.3) is 22.0 Å².